The molecule has 6 nitrogen and oxygen atoms in total. The summed E-state index contributed by atoms with van der Waals surface area (Å²) in [6.45, 7) is 4.41. The molecule has 1 aliphatic carbocycles. The lowest BCUT2D eigenvalue weighted by atomic mass is 9.76. The monoisotopic (exact) mass is 292 g/mol. The van der Waals surface area contributed by atoms with E-state index in [2.05, 4.69) is 13.8 Å². The zero-order valence-electron chi connectivity index (χ0n) is 12.3. The number of nitrogen functional groups attached to an aromatic ring is 1. The van der Waals surface area contributed by atoms with Crippen LogP contribution in [0.5, 0.6) is 0 Å². The van der Waals surface area contributed by atoms with Crippen molar-refractivity contribution in [2.24, 2.45) is 5.41 Å². The van der Waals surface area contributed by atoms with E-state index in [4.69, 9.17) is 10.5 Å². The molecule has 6 heteroatoms. The van der Waals surface area contributed by atoms with E-state index < -0.39 is 10.9 Å². The molecule has 0 spiro atoms. The lowest BCUT2D eigenvalue weighted by molar-refractivity contribution is -0.383. The van der Waals surface area contributed by atoms with Crippen LogP contribution in [0, 0.1) is 15.5 Å². The summed E-state index contributed by atoms with van der Waals surface area (Å²) < 4.78 is 5.44. The number of hydrogen-bond donors (Lipinski definition) is 1. The number of nitro groups is 1. The molecule has 1 aromatic carbocycles. The largest absolute Gasteiger partial charge is 0.459 e. The molecule has 2 rings (SSSR count). The van der Waals surface area contributed by atoms with Gasteiger partial charge in [0, 0.05) is 6.07 Å². The lowest BCUT2D eigenvalue weighted by Gasteiger charge is -2.33. The zero-order valence-corrected chi connectivity index (χ0v) is 12.3. The first kappa shape index (κ1) is 15.3. The molecule has 0 atom stereocenters. The van der Waals surface area contributed by atoms with E-state index in [1.807, 2.05) is 0 Å². The highest BCUT2D eigenvalue weighted by Crippen LogP contribution is 2.36. The highest BCUT2D eigenvalue weighted by Gasteiger charge is 2.29. The molecule has 1 aromatic rings. The van der Waals surface area contributed by atoms with Crippen LogP contribution in [-0.4, -0.2) is 17.0 Å². The Balaban J connectivity index is 2.04. The van der Waals surface area contributed by atoms with Crippen molar-refractivity contribution in [2.75, 3.05) is 5.73 Å². The second kappa shape index (κ2) is 5.71. The van der Waals surface area contributed by atoms with Crippen LogP contribution in [0.15, 0.2) is 18.2 Å². The van der Waals surface area contributed by atoms with Crippen LogP contribution in [0.3, 0.4) is 0 Å². The van der Waals surface area contributed by atoms with Crippen molar-refractivity contribution in [3.8, 4) is 0 Å². The number of anilines is 1. The summed E-state index contributed by atoms with van der Waals surface area (Å²) in [5, 5.41) is 10.8. The van der Waals surface area contributed by atoms with E-state index in [1.165, 1.54) is 18.2 Å². The Kier molecular flexibility index (Phi) is 4.16. The number of nitro benzene ring substituents is 1. The standard InChI is InChI=1S/C15H20N2O4/c1-15(2)7-5-11(6-8-15)21-14(18)10-3-4-12(16)13(9-10)17(19)20/h3-4,9,11H,5-8,16H2,1-2H3. The number of benzene rings is 1. The molecule has 0 aliphatic heterocycles. The summed E-state index contributed by atoms with van der Waals surface area (Å²) in [6, 6.07) is 3.99. The van der Waals surface area contributed by atoms with Gasteiger partial charge < -0.3 is 10.5 Å². The van der Waals surface area contributed by atoms with Crippen LogP contribution in [-0.2, 0) is 4.74 Å². The Hall–Kier alpha value is -2.11. The fourth-order valence-electron chi connectivity index (χ4n) is 2.54. The zero-order chi connectivity index (χ0) is 15.6. The predicted molar refractivity (Wildman–Crippen MR) is 79.0 cm³/mol. The fourth-order valence-corrected chi connectivity index (χ4v) is 2.54. The van der Waals surface area contributed by atoms with Gasteiger partial charge in [0.25, 0.3) is 5.69 Å². The molecule has 2 N–H and O–H groups in total. The van der Waals surface area contributed by atoms with Crippen molar-refractivity contribution in [3.05, 3.63) is 33.9 Å². The van der Waals surface area contributed by atoms with Crippen LogP contribution in [0.25, 0.3) is 0 Å². The van der Waals surface area contributed by atoms with E-state index in [0.29, 0.717) is 5.41 Å². The third kappa shape index (κ3) is 3.71. The summed E-state index contributed by atoms with van der Waals surface area (Å²) >= 11 is 0. The van der Waals surface area contributed by atoms with Gasteiger partial charge in [-0.1, -0.05) is 13.8 Å². The van der Waals surface area contributed by atoms with Crippen molar-refractivity contribution in [2.45, 2.75) is 45.6 Å². The molecule has 0 radical (unpaired) electrons. The molecule has 0 unspecified atom stereocenters. The topological polar surface area (TPSA) is 95.5 Å². The smallest absolute Gasteiger partial charge is 0.338 e. The first-order valence-corrected chi connectivity index (χ1v) is 7.03. The van der Waals surface area contributed by atoms with E-state index in [1.54, 1.807) is 0 Å². The van der Waals surface area contributed by atoms with Gasteiger partial charge >= 0.3 is 5.97 Å². The van der Waals surface area contributed by atoms with Crippen LogP contribution in [0.1, 0.15) is 49.9 Å². The van der Waals surface area contributed by atoms with Gasteiger partial charge in [0.1, 0.15) is 11.8 Å². The Morgan fingerprint density at radius 2 is 2.00 bits per heavy atom. The molecule has 0 bridgehead atoms. The molecule has 0 aromatic heterocycles. The minimum Gasteiger partial charge on any atom is -0.459 e. The van der Waals surface area contributed by atoms with Crippen LogP contribution in [0.4, 0.5) is 11.4 Å². The summed E-state index contributed by atoms with van der Waals surface area (Å²) in [6.07, 6.45) is 3.56. The third-order valence-corrected chi connectivity index (χ3v) is 4.02. The van der Waals surface area contributed by atoms with Crippen molar-refractivity contribution in [1.29, 1.82) is 0 Å². The molecule has 0 saturated heterocycles. The number of ether oxygens (including phenoxy) is 1. The molecule has 1 saturated carbocycles. The van der Waals surface area contributed by atoms with Gasteiger partial charge in [-0.05, 0) is 43.2 Å². The number of nitrogens with zero attached hydrogens (tertiary/aromatic N) is 1. The van der Waals surface area contributed by atoms with E-state index >= 15 is 0 Å². The molecule has 1 aliphatic rings. The molecule has 21 heavy (non-hydrogen) atoms. The number of carbonyl (C=O) groups excluding carboxylic acids is 1. The van der Waals surface area contributed by atoms with Gasteiger partial charge in [0.2, 0.25) is 0 Å². The first-order valence-electron chi connectivity index (χ1n) is 7.03. The van der Waals surface area contributed by atoms with Crippen LogP contribution < -0.4 is 5.73 Å². The second-order valence-corrected chi connectivity index (χ2v) is 6.30. The average molecular weight is 292 g/mol. The molecule has 0 heterocycles. The predicted octanol–water partition coefficient (Wildman–Crippen LogP) is 3.30. The molecule has 1 fully saturated rings. The number of rotatable bonds is 3. The Labute approximate surface area is 123 Å². The van der Waals surface area contributed by atoms with Crippen molar-refractivity contribution in [1.82, 2.24) is 0 Å². The summed E-state index contributed by atoms with van der Waals surface area (Å²) in [7, 11) is 0. The lowest BCUT2D eigenvalue weighted by Crippen LogP contribution is -2.28. The Bertz CT molecular complexity index is 559. The van der Waals surface area contributed by atoms with Gasteiger partial charge in [-0.2, -0.15) is 0 Å². The average Bonchev–Trinajstić information content (AvgIpc) is 2.41. The number of hydrogen-bond acceptors (Lipinski definition) is 5. The fraction of sp³-hybridized carbons (Fsp3) is 0.533. The second-order valence-electron chi connectivity index (χ2n) is 6.30. The maximum absolute atomic E-state index is 12.1. The minimum atomic E-state index is -0.602. The van der Waals surface area contributed by atoms with Gasteiger partial charge in [-0.15, -0.1) is 0 Å². The first-order chi connectivity index (χ1) is 9.78. The quantitative estimate of drug-likeness (QED) is 0.399. The summed E-state index contributed by atoms with van der Waals surface area (Å²) in [4.78, 5) is 22.3. The Morgan fingerprint density at radius 1 is 1.38 bits per heavy atom. The van der Waals surface area contributed by atoms with E-state index in [0.717, 1.165) is 25.7 Å². The summed E-state index contributed by atoms with van der Waals surface area (Å²) in [5.41, 5.74) is 5.74. The highest BCUT2D eigenvalue weighted by molar-refractivity contribution is 5.91. The summed E-state index contributed by atoms with van der Waals surface area (Å²) in [5.74, 6) is -0.525. The highest BCUT2D eigenvalue weighted by atomic mass is 16.6. The van der Waals surface area contributed by atoms with Gasteiger partial charge in [-0.25, -0.2) is 4.79 Å². The van der Waals surface area contributed by atoms with E-state index in [-0.39, 0.29) is 23.0 Å². The SMILES string of the molecule is CC1(C)CCC(OC(=O)c2ccc(N)c([N+](=O)[O-])c2)CC1. The van der Waals surface area contributed by atoms with Crippen molar-refractivity contribution < 1.29 is 14.5 Å². The maximum atomic E-state index is 12.1. The van der Waals surface area contributed by atoms with Crippen LogP contribution in [0.2, 0.25) is 0 Å². The Morgan fingerprint density at radius 3 is 2.57 bits per heavy atom. The molecule has 114 valence electrons. The van der Waals surface area contributed by atoms with Gasteiger partial charge in [0.15, 0.2) is 0 Å². The number of esters is 1. The number of nitrogens with two attached hydrogens (primary N) is 1. The minimum absolute atomic E-state index is 0.0379. The molecular formula is C15H20N2O4. The van der Waals surface area contributed by atoms with E-state index in [9.17, 15) is 14.9 Å². The van der Waals surface area contributed by atoms with Gasteiger partial charge in [0.05, 0.1) is 10.5 Å². The molecule has 0 amide bonds. The van der Waals surface area contributed by atoms with Gasteiger partial charge in [-0.3, -0.25) is 10.1 Å². The number of carbonyl (C=O) groups is 1. The normalized spacial score (nSPS) is 18.2. The molecular weight excluding hydrogens is 272 g/mol. The van der Waals surface area contributed by atoms with Crippen LogP contribution >= 0.6 is 0 Å². The van der Waals surface area contributed by atoms with Crippen molar-refractivity contribution >= 4 is 17.3 Å². The third-order valence-electron chi connectivity index (χ3n) is 4.02. The maximum Gasteiger partial charge on any atom is 0.338 e. The van der Waals surface area contributed by atoms with Crippen molar-refractivity contribution in [3.63, 3.8) is 0 Å².